The topological polar surface area (TPSA) is 49.8 Å². The van der Waals surface area contributed by atoms with Crippen molar-refractivity contribution in [3.05, 3.63) is 29.8 Å². The van der Waals surface area contributed by atoms with Crippen LogP contribution >= 0.6 is 0 Å². The van der Waals surface area contributed by atoms with Crippen LogP contribution in [0.25, 0.3) is 0 Å². The second-order valence-electron chi connectivity index (χ2n) is 4.67. The molecular weight excluding hydrogens is 230 g/mol. The molecule has 2 rings (SSSR count). The molecule has 4 heteroatoms. The lowest BCUT2D eigenvalue weighted by atomic mass is 9.99. The number of ether oxygens (including phenoxy) is 1. The maximum Gasteiger partial charge on any atom is 0.131 e. The van der Waals surface area contributed by atoms with Crippen LogP contribution in [0.5, 0.6) is 5.75 Å². The molecule has 1 aliphatic heterocycles. The first-order chi connectivity index (χ1) is 8.66. The number of hydrogen-bond acceptors (Lipinski definition) is 4. The number of nitrogens with zero attached hydrogens (tertiary/aromatic N) is 1. The average molecular weight is 249 g/mol. The molecule has 1 fully saturated rings. The number of ketones is 1. The van der Waals surface area contributed by atoms with Crippen LogP contribution in [0.2, 0.25) is 0 Å². The first-order valence-electron chi connectivity index (χ1n) is 6.27. The molecule has 0 bridgehead atoms. The van der Waals surface area contributed by atoms with Crippen molar-refractivity contribution in [3.8, 4) is 5.75 Å². The van der Waals surface area contributed by atoms with E-state index in [1.807, 2.05) is 12.1 Å². The highest BCUT2D eigenvalue weighted by Gasteiger charge is 2.23. The van der Waals surface area contributed by atoms with Gasteiger partial charge in [0, 0.05) is 25.6 Å². The van der Waals surface area contributed by atoms with Crippen molar-refractivity contribution >= 4 is 5.78 Å². The second kappa shape index (κ2) is 5.98. The number of hydrogen-bond donors (Lipinski definition) is 1. The van der Waals surface area contributed by atoms with Gasteiger partial charge in [0.1, 0.15) is 11.5 Å². The van der Waals surface area contributed by atoms with Gasteiger partial charge < -0.3 is 9.84 Å². The van der Waals surface area contributed by atoms with Crippen molar-refractivity contribution < 1.29 is 14.6 Å². The van der Waals surface area contributed by atoms with E-state index in [4.69, 9.17) is 4.74 Å². The van der Waals surface area contributed by atoms with E-state index in [9.17, 15) is 9.90 Å². The van der Waals surface area contributed by atoms with E-state index in [0.29, 0.717) is 19.6 Å². The van der Waals surface area contributed by atoms with Gasteiger partial charge in [-0.25, -0.2) is 0 Å². The largest absolute Gasteiger partial charge is 0.508 e. The summed E-state index contributed by atoms with van der Waals surface area (Å²) in [6, 6.07) is 7.20. The van der Waals surface area contributed by atoms with E-state index < -0.39 is 0 Å². The smallest absolute Gasteiger partial charge is 0.131 e. The van der Waals surface area contributed by atoms with Gasteiger partial charge in [-0.2, -0.15) is 0 Å². The zero-order chi connectivity index (χ0) is 13.0. The molecule has 0 aliphatic carbocycles. The number of benzene rings is 1. The van der Waals surface area contributed by atoms with Gasteiger partial charge in [-0.15, -0.1) is 0 Å². The van der Waals surface area contributed by atoms with Gasteiger partial charge in [0.2, 0.25) is 0 Å². The summed E-state index contributed by atoms with van der Waals surface area (Å²) >= 11 is 0. The molecule has 98 valence electrons. The number of phenolic OH excluding ortho intramolecular Hbond substituents is 1. The summed E-state index contributed by atoms with van der Waals surface area (Å²) in [4.78, 5) is 13.7. The van der Waals surface area contributed by atoms with E-state index in [2.05, 4.69) is 4.90 Å². The number of Topliss-reactive ketones (excluding diaryl/α,β-unsaturated/α-hetero) is 1. The van der Waals surface area contributed by atoms with E-state index >= 15 is 0 Å². The molecule has 1 aliphatic rings. The minimum atomic E-state index is 0.0403. The number of morpholine rings is 1. The fourth-order valence-electron chi connectivity index (χ4n) is 2.35. The summed E-state index contributed by atoms with van der Waals surface area (Å²) in [5.74, 6) is 0.407. The van der Waals surface area contributed by atoms with Gasteiger partial charge in [-0.1, -0.05) is 12.1 Å². The average Bonchev–Trinajstić information content (AvgIpc) is 2.37. The van der Waals surface area contributed by atoms with Crippen LogP contribution in [-0.4, -0.2) is 42.1 Å². The Morgan fingerprint density at radius 1 is 1.44 bits per heavy atom. The van der Waals surface area contributed by atoms with Crippen molar-refractivity contribution in [2.45, 2.75) is 19.4 Å². The summed E-state index contributed by atoms with van der Waals surface area (Å²) in [5, 5.41) is 9.57. The molecule has 1 atom stereocenters. The number of aromatic hydroxyl groups is 1. The van der Waals surface area contributed by atoms with Crippen LogP contribution in [0.15, 0.2) is 24.3 Å². The molecule has 1 heterocycles. The summed E-state index contributed by atoms with van der Waals surface area (Å²) in [5.41, 5.74) is 0.993. The lowest BCUT2D eigenvalue weighted by Crippen LogP contribution is -2.39. The normalized spacial score (nSPS) is 18.5. The van der Waals surface area contributed by atoms with Gasteiger partial charge in [-0.3, -0.25) is 9.69 Å². The Bertz CT molecular complexity index is 413. The molecule has 0 radical (unpaired) electrons. The molecule has 4 nitrogen and oxygen atoms in total. The first kappa shape index (κ1) is 13.1. The van der Waals surface area contributed by atoms with Crippen molar-refractivity contribution in [3.63, 3.8) is 0 Å². The predicted molar refractivity (Wildman–Crippen MR) is 68.5 cm³/mol. The molecule has 18 heavy (non-hydrogen) atoms. The van der Waals surface area contributed by atoms with E-state index in [1.54, 1.807) is 19.1 Å². The Balaban J connectivity index is 2.20. The second-order valence-corrected chi connectivity index (χ2v) is 4.67. The molecule has 1 N–H and O–H groups in total. The molecule has 0 saturated carbocycles. The SMILES string of the molecule is CC(=O)CC(c1cccc(O)c1)N1CCOCC1. The van der Waals surface area contributed by atoms with Gasteiger partial charge >= 0.3 is 0 Å². The van der Waals surface area contributed by atoms with Crippen LogP contribution < -0.4 is 0 Å². The van der Waals surface area contributed by atoms with Gasteiger partial charge in [0.05, 0.1) is 13.2 Å². The van der Waals surface area contributed by atoms with Crippen LogP contribution in [0.1, 0.15) is 24.9 Å². The highest BCUT2D eigenvalue weighted by molar-refractivity contribution is 5.76. The van der Waals surface area contributed by atoms with Crippen LogP contribution in [0, 0.1) is 0 Å². The Labute approximate surface area is 107 Å². The molecule has 1 aromatic rings. The molecule has 0 spiro atoms. The molecular formula is C14H19NO3. The van der Waals surface area contributed by atoms with Crippen molar-refractivity contribution in [1.82, 2.24) is 4.90 Å². The lowest BCUT2D eigenvalue weighted by Gasteiger charge is -2.34. The van der Waals surface area contributed by atoms with Crippen LogP contribution in [0.4, 0.5) is 0 Å². The Kier molecular flexibility index (Phi) is 4.33. The van der Waals surface area contributed by atoms with Gasteiger partial charge in [-0.05, 0) is 24.6 Å². The highest BCUT2D eigenvalue weighted by Crippen LogP contribution is 2.27. The standard InChI is InChI=1S/C14H19NO3/c1-11(16)9-14(15-5-7-18-8-6-15)12-3-2-4-13(17)10-12/h2-4,10,14,17H,5-9H2,1H3. The quantitative estimate of drug-likeness (QED) is 0.883. The van der Waals surface area contributed by atoms with Gasteiger partial charge in [0.15, 0.2) is 0 Å². The molecule has 1 unspecified atom stereocenters. The number of phenols is 1. The Morgan fingerprint density at radius 3 is 2.78 bits per heavy atom. The summed E-state index contributed by atoms with van der Waals surface area (Å²) in [6.45, 7) is 4.66. The zero-order valence-corrected chi connectivity index (χ0v) is 10.6. The molecule has 0 amide bonds. The number of carbonyl (C=O) groups is 1. The highest BCUT2D eigenvalue weighted by atomic mass is 16.5. The van der Waals surface area contributed by atoms with E-state index in [1.165, 1.54) is 0 Å². The maximum atomic E-state index is 11.4. The number of carbonyl (C=O) groups excluding carboxylic acids is 1. The Hall–Kier alpha value is -1.39. The Morgan fingerprint density at radius 2 is 2.17 bits per heavy atom. The van der Waals surface area contributed by atoms with Gasteiger partial charge in [0.25, 0.3) is 0 Å². The third-order valence-electron chi connectivity index (χ3n) is 3.22. The summed E-state index contributed by atoms with van der Waals surface area (Å²) < 4.78 is 5.34. The summed E-state index contributed by atoms with van der Waals surface area (Å²) in [7, 11) is 0. The van der Waals surface area contributed by atoms with Crippen molar-refractivity contribution in [1.29, 1.82) is 0 Å². The maximum absolute atomic E-state index is 11.4. The van der Waals surface area contributed by atoms with Crippen molar-refractivity contribution in [2.75, 3.05) is 26.3 Å². The van der Waals surface area contributed by atoms with Crippen LogP contribution in [0.3, 0.4) is 0 Å². The van der Waals surface area contributed by atoms with E-state index in [0.717, 1.165) is 18.7 Å². The molecule has 0 aromatic heterocycles. The minimum Gasteiger partial charge on any atom is -0.508 e. The zero-order valence-electron chi connectivity index (χ0n) is 10.6. The number of rotatable bonds is 4. The molecule has 1 aromatic carbocycles. The fourth-order valence-corrected chi connectivity index (χ4v) is 2.35. The monoisotopic (exact) mass is 249 g/mol. The van der Waals surface area contributed by atoms with Crippen molar-refractivity contribution in [2.24, 2.45) is 0 Å². The fraction of sp³-hybridized carbons (Fsp3) is 0.500. The predicted octanol–water partition coefficient (Wildman–Crippen LogP) is 1.74. The summed E-state index contributed by atoms with van der Waals surface area (Å²) in [6.07, 6.45) is 0.476. The first-order valence-corrected chi connectivity index (χ1v) is 6.27. The van der Waals surface area contributed by atoms with Crippen LogP contribution in [-0.2, 0) is 9.53 Å². The molecule has 1 saturated heterocycles. The third-order valence-corrected chi connectivity index (χ3v) is 3.22. The minimum absolute atomic E-state index is 0.0403. The van der Waals surface area contributed by atoms with E-state index in [-0.39, 0.29) is 17.6 Å². The third kappa shape index (κ3) is 3.31. The lowest BCUT2D eigenvalue weighted by molar-refractivity contribution is -0.118.